The molecular weight excluding hydrogens is 398 g/mol. The van der Waals surface area contributed by atoms with Gasteiger partial charge in [0.05, 0.1) is 6.10 Å². The van der Waals surface area contributed by atoms with Gasteiger partial charge >= 0.3 is 0 Å². The van der Waals surface area contributed by atoms with Crippen molar-refractivity contribution >= 4 is 17.7 Å². The highest BCUT2D eigenvalue weighted by Gasteiger charge is 2.40. The number of carbonyl (C=O) groups excluding carboxylic acids is 3. The van der Waals surface area contributed by atoms with Gasteiger partial charge in [-0.25, -0.2) is 0 Å². The molecule has 0 radical (unpaired) electrons. The molecule has 3 fully saturated rings. The van der Waals surface area contributed by atoms with Gasteiger partial charge < -0.3 is 14.4 Å². The fraction of sp³-hybridized carbons (Fsp3) is 0.609. The van der Waals surface area contributed by atoms with Crippen LogP contribution in [0.2, 0.25) is 0 Å². The number of nitrogens with zero attached hydrogens (tertiary/aromatic N) is 2. The van der Waals surface area contributed by atoms with Crippen LogP contribution in [0.25, 0.3) is 0 Å². The molecule has 1 aromatic carbocycles. The summed E-state index contributed by atoms with van der Waals surface area (Å²) in [5.74, 6) is -0.0415. The van der Waals surface area contributed by atoms with Crippen molar-refractivity contribution in [3.8, 4) is 5.75 Å². The highest BCUT2D eigenvalue weighted by atomic mass is 16.5. The van der Waals surface area contributed by atoms with Crippen molar-refractivity contribution in [3.05, 3.63) is 29.3 Å². The van der Waals surface area contributed by atoms with Crippen molar-refractivity contribution in [1.82, 2.24) is 15.1 Å². The number of hydrogen-bond donors (Lipinski definition) is 1. The van der Waals surface area contributed by atoms with Crippen LogP contribution in [-0.4, -0.2) is 72.0 Å². The lowest BCUT2D eigenvalue weighted by Gasteiger charge is -2.47. The largest absolute Gasteiger partial charge is 0.489 e. The van der Waals surface area contributed by atoms with E-state index in [4.69, 9.17) is 9.47 Å². The van der Waals surface area contributed by atoms with Crippen LogP contribution in [0.5, 0.6) is 5.75 Å². The van der Waals surface area contributed by atoms with E-state index in [2.05, 4.69) is 10.2 Å². The minimum absolute atomic E-state index is 0.132. The van der Waals surface area contributed by atoms with E-state index >= 15 is 0 Å². The van der Waals surface area contributed by atoms with Crippen LogP contribution in [0.3, 0.4) is 0 Å². The van der Waals surface area contributed by atoms with Crippen LogP contribution >= 0.6 is 0 Å². The van der Waals surface area contributed by atoms with E-state index in [0.29, 0.717) is 30.7 Å². The smallest absolute Gasteiger partial charge is 0.255 e. The second-order valence-corrected chi connectivity index (χ2v) is 9.04. The molecule has 31 heavy (non-hydrogen) atoms. The summed E-state index contributed by atoms with van der Waals surface area (Å²) in [6.07, 6.45) is 5.63. The first-order valence-corrected chi connectivity index (χ1v) is 11.2. The van der Waals surface area contributed by atoms with Crippen LogP contribution in [0.15, 0.2) is 18.2 Å². The second-order valence-electron chi connectivity index (χ2n) is 9.04. The van der Waals surface area contributed by atoms with Crippen LogP contribution in [0, 0.1) is 0 Å². The van der Waals surface area contributed by atoms with Gasteiger partial charge in [0.2, 0.25) is 11.8 Å². The molecule has 1 saturated carbocycles. The number of fused-ring (bicyclic) bond motifs is 1. The molecule has 8 heteroatoms. The normalized spacial score (nSPS) is 29.5. The Morgan fingerprint density at radius 3 is 2.65 bits per heavy atom. The first-order chi connectivity index (χ1) is 15.0. The maximum atomic E-state index is 12.9. The predicted molar refractivity (Wildman–Crippen MR) is 112 cm³/mol. The Hall–Kier alpha value is -2.45. The minimum atomic E-state index is -0.593. The SMILES string of the molecule is COC1CN([C@H]2CCCC[C@H]2Oc2ccc3c(c2)CN(C2CCC(=O)NC2=O)C3=O)C1. The van der Waals surface area contributed by atoms with E-state index in [1.165, 1.54) is 6.42 Å². The van der Waals surface area contributed by atoms with E-state index in [0.717, 1.165) is 43.7 Å². The number of nitrogens with one attached hydrogen (secondary N) is 1. The molecule has 1 N–H and O–H groups in total. The highest BCUT2D eigenvalue weighted by molar-refractivity contribution is 6.05. The number of likely N-dealkylation sites (tertiary alicyclic amines) is 1. The Labute approximate surface area is 181 Å². The minimum Gasteiger partial charge on any atom is -0.489 e. The number of benzene rings is 1. The lowest BCUT2D eigenvalue weighted by Crippen LogP contribution is -2.60. The summed E-state index contributed by atoms with van der Waals surface area (Å²) in [6.45, 7) is 2.29. The zero-order chi connectivity index (χ0) is 21.5. The van der Waals surface area contributed by atoms with Gasteiger partial charge in [-0.15, -0.1) is 0 Å². The molecule has 5 rings (SSSR count). The topological polar surface area (TPSA) is 88.2 Å². The average Bonchev–Trinajstić information content (AvgIpc) is 3.04. The molecule has 3 heterocycles. The summed E-state index contributed by atoms with van der Waals surface area (Å²) in [5, 5.41) is 2.34. The van der Waals surface area contributed by atoms with Crippen molar-refractivity contribution in [2.24, 2.45) is 0 Å². The summed E-state index contributed by atoms with van der Waals surface area (Å²) in [6, 6.07) is 5.42. The second kappa shape index (κ2) is 8.24. The molecule has 1 aliphatic carbocycles. The third-order valence-electron chi connectivity index (χ3n) is 7.13. The van der Waals surface area contributed by atoms with Gasteiger partial charge in [0, 0.05) is 44.8 Å². The number of amides is 3. The molecule has 166 valence electrons. The van der Waals surface area contributed by atoms with Gasteiger partial charge in [0.15, 0.2) is 0 Å². The van der Waals surface area contributed by atoms with Crippen molar-refractivity contribution < 1.29 is 23.9 Å². The maximum Gasteiger partial charge on any atom is 0.255 e. The Kier molecular flexibility index (Phi) is 5.44. The van der Waals surface area contributed by atoms with Crippen molar-refractivity contribution in [3.63, 3.8) is 0 Å². The predicted octanol–water partition coefficient (Wildman–Crippen LogP) is 1.47. The van der Waals surface area contributed by atoms with Crippen LogP contribution in [0.1, 0.15) is 54.4 Å². The molecule has 3 amide bonds. The zero-order valence-electron chi connectivity index (χ0n) is 17.8. The third-order valence-corrected chi connectivity index (χ3v) is 7.13. The van der Waals surface area contributed by atoms with E-state index in [1.807, 2.05) is 12.1 Å². The van der Waals surface area contributed by atoms with Crippen LogP contribution in [0.4, 0.5) is 0 Å². The van der Waals surface area contributed by atoms with Gasteiger partial charge in [0.1, 0.15) is 17.9 Å². The summed E-state index contributed by atoms with van der Waals surface area (Å²) in [4.78, 5) is 40.6. The van der Waals surface area contributed by atoms with Crippen molar-refractivity contribution in [2.75, 3.05) is 20.2 Å². The first kappa shape index (κ1) is 20.5. The number of carbonyl (C=O) groups is 3. The van der Waals surface area contributed by atoms with Gasteiger partial charge in [-0.05, 0) is 49.4 Å². The summed E-state index contributed by atoms with van der Waals surface area (Å²) >= 11 is 0. The number of hydrogen-bond acceptors (Lipinski definition) is 6. The van der Waals surface area contributed by atoms with E-state index in [1.54, 1.807) is 18.1 Å². The molecule has 1 aromatic rings. The van der Waals surface area contributed by atoms with Gasteiger partial charge in [-0.2, -0.15) is 0 Å². The summed E-state index contributed by atoms with van der Waals surface area (Å²) < 4.78 is 11.9. The van der Waals surface area contributed by atoms with E-state index < -0.39 is 6.04 Å². The molecule has 2 saturated heterocycles. The molecule has 3 atom stereocenters. The first-order valence-electron chi connectivity index (χ1n) is 11.2. The number of ether oxygens (including phenoxy) is 2. The third kappa shape index (κ3) is 3.83. The number of methoxy groups -OCH3 is 1. The van der Waals surface area contributed by atoms with Crippen molar-refractivity contribution in [2.45, 2.75) is 69.4 Å². The molecule has 3 aliphatic heterocycles. The van der Waals surface area contributed by atoms with Gasteiger partial charge in [0.25, 0.3) is 5.91 Å². The summed E-state index contributed by atoms with van der Waals surface area (Å²) in [7, 11) is 1.76. The number of imide groups is 1. The number of rotatable bonds is 5. The molecule has 0 bridgehead atoms. The standard InChI is InChI=1S/C23H29N3O5/c1-30-16-12-25(13-16)18-4-2-3-5-20(18)31-15-6-7-17-14(10-15)11-26(23(17)29)19-8-9-21(27)24-22(19)28/h6-7,10,16,18-20H,2-5,8-9,11-13H2,1H3,(H,24,27,28)/t18-,19?,20+/m0/s1. The maximum absolute atomic E-state index is 12.9. The molecule has 0 aromatic heterocycles. The highest BCUT2D eigenvalue weighted by Crippen LogP contribution is 2.34. The van der Waals surface area contributed by atoms with E-state index in [-0.39, 0.29) is 30.2 Å². The molecule has 0 spiro atoms. The Morgan fingerprint density at radius 2 is 1.87 bits per heavy atom. The van der Waals surface area contributed by atoms with Crippen LogP contribution < -0.4 is 10.1 Å². The lowest BCUT2D eigenvalue weighted by molar-refractivity contribution is -0.136. The molecular formula is C23H29N3O5. The number of piperidine rings is 1. The fourth-order valence-corrected chi connectivity index (χ4v) is 5.32. The quantitative estimate of drug-likeness (QED) is 0.716. The monoisotopic (exact) mass is 427 g/mol. The summed E-state index contributed by atoms with van der Waals surface area (Å²) in [5.41, 5.74) is 1.49. The zero-order valence-corrected chi connectivity index (χ0v) is 17.8. The fourth-order valence-electron chi connectivity index (χ4n) is 5.32. The Morgan fingerprint density at radius 1 is 1.06 bits per heavy atom. The van der Waals surface area contributed by atoms with E-state index in [9.17, 15) is 14.4 Å². The lowest BCUT2D eigenvalue weighted by atomic mass is 9.89. The van der Waals surface area contributed by atoms with Crippen LogP contribution in [-0.2, 0) is 20.9 Å². The Balaban J connectivity index is 1.28. The molecule has 8 nitrogen and oxygen atoms in total. The van der Waals surface area contributed by atoms with Gasteiger partial charge in [-0.1, -0.05) is 6.42 Å². The molecule has 4 aliphatic rings. The average molecular weight is 428 g/mol. The van der Waals surface area contributed by atoms with Crippen molar-refractivity contribution in [1.29, 1.82) is 0 Å². The molecule has 1 unspecified atom stereocenters. The Bertz CT molecular complexity index is 897. The van der Waals surface area contributed by atoms with Gasteiger partial charge in [-0.3, -0.25) is 24.6 Å².